The Morgan fingerprint density at radius 2 is 2.05 bits per heavy atom. The van der Waals surface area contributed by atoms with Gasteiger partial charge in [-0.25, -0.2) is 4.98 Å². The molecular weight excluding hydrogens is 368 g/mol. The maximum absolute atomic E-state index is 5.52. The van der Waals surface area contributed by atoms with E-state index in [2.05, 4.69) is 38.4 Å². The van der Waals surface area contributed by atoms with E-state index in [0.29, 0.717) is 19.1 Å². The van der Waals surface area contributed by atoms with E-state index in [-0.39, 0.29) is 12.4 Å². The molecule has 0 aliphatic carbocycles. The number of hydrogen-bond donors (Lipinski definition) is 1. The molecule has 0 radical (unpaired) electrons. The van der Waals surface area contributed by atoms with Gasteiger partial charge in [-0.2, -0.15) is 0 Å². The van der Waals surface area contributed by atoms with E-state index in [1.807, 2.05) is 31.2 Å². The van der Waals surface area contributed by atoms with Crippen LogP contribution in [0.4, 0.5) is 0 Å². The third-order valence-electron chi connectivity index (χ3n) is 2.79. The van der Waals surface area contributed by atoms with Gasteiger partial charge in [0.1, 0.15) is 12.4 Å². The van der Waals surface area contributed by atoms with Crippen LogP contribution in [0.25, 0.3) is 0 Å². The van der Waals surface area contributed by atoms with Gasteiger partial charge in [-0.05, 0) is 46.6 Å². The van der Waals surface area contributed by atoms with Crippen LogP contribution in [0.5, 0.6) is 11.6 Å². The molecule has 0 aliphatic heterocycles. The van der Waals surface area contributed by atoms with E-state index < -0.39 is 0 Å². The summed E-state index contributed by atoms with van der Waals surface area (Å²) in [5, 5.41) is 3.34. The van der Waals surface area contributed by atoms with Crippen LogP contribution in [0.1, 0.15) is 12.5 Å². The van der Waals surface area contributed by atoms with Gasteiger partial charge in [0.15, 0.2) is 0 Å². The van der Waals surface area contributed by atoms with E-state index >= 15 is 0 Å². The average molecular weight is 388 g/mol. The van der Waals surface area contributed by atoms with Crippen molar-refractivity contribution in [1.29, 1.82) is 0 Å². The second-order valence-electron chi connectivity index (χ2n) is 4.39. The van der Waals surface area contributed by atoms with Crippen LogP contribution in [0.3, 0.4) is 0 Å². The van der Waals surface area contributed by atoms with Crippen molar-refractivity contribution in [3.63, 3.8) is 0 Å². The fourth-order valence-electron chi connectivity index (χ4n) is 1.82. The SMILES string of the molecule is CCOc1ccc(CNCCOc2ccccn2)cc1Br.Cl. The summed E-state index contributed by atoms with van der Waals surface area (Å²) in [6, 6.07) is 11.7. The summed E-state index contributed by atoms with van der Waals surface area (Å²) in [5.41, 5.74) is 1.20. The predicted octanol–water partition coefficient (Wildman–Crippen LogP) is 3.83. The van der Waals surface area contributed by atoms with Gasteiger partial charge >= 0.3 is 0 Å². The molecule has 120 valence electrons. The molecule has 6 heteroatoms. The Balaban J connectivity index is 0.00000242. The largest absolute Gasteiger partial charge is 0.493 e. The summed E-state index contributed by atoms with van der Waals surface area (Å²) >= 11 is 3.52. The zero-order valence-electron chi connectivity index (χ0n) is 12.4. The minimum absolute atomic E-state index is 0. The molecule has 2 aromatic rings. The molecule has 0 saturated heterocycles. The first kappa shape index (κ1) is 18.7. The first-order valence-electron chi connectivity index (χ1n) is 6.95. The number of aromatic nitrogens is 1. The van der Waals surface area contributed by atoms with Gasteiger partial charge in [0.05, 0.1) is 11.1 Å². The van der Waals surface area contributed by atoms with Crippen molar-refractivity contribution in [1.82, 2.24) is 10.3 Å². The number of halogens is 2. The number of hydrogen-bond acceptors (Lipinski definition) is 4. The van der Waals surface area contributed by atoms with E-state index in [0.717, 1.165) is 23.3 Å². The highest BCUT2D eigenvalue weighted by Gasteiger charge is 2.02. The van der Waals surface area contributed by atoms with Crippen LogP contribution in [0, 0.1) is 0 Å². The standard InChI is InChI=1S/C16H19BrN2O2.ClH/c1-2-20-15-7-6-13(11-14(15)17)12-18-9-10-21-16-5-3-4-8-19-16;/h3-8,11,18H,2,9-10,12H2,1H3;1H. The van der Waals surface area contributed by atoms with Crippen molar-refractivity contribution < 1.29 is 9.47 Å². The number of rotatable bonds is 8. The van der Waals surface area contributed by atoms with Crippen molar-refractivity contribution >= 4 is 28.3 Å². The highest BCUT2D eigenvalue weighted by Crippen LogP contribution is 2.25. The Morgan fingerprint density at radius 3 is 2.73 bits per heavy atom. The van der Waals surface area contributed by atoms with Crippen molar-refractivity contribution in [2.45, 2.75) is 13.5 Å². The highest BCUT2D eigenvalue weighted by molar-refractivity contribution is 9.10. The van der Waals surface area contributed by atoms with Gasteiger partial charge < -0.3 is 14.8 Å². The molecule has 0 atom stereocenters. The predicted molar refractivity (Wildman–Crippen MR) is 94.0 cm³/mol. The van der Waals surface area contributed by atoms with Crippen LogP contribution < -0.4 is 14.8 Å². The number of benzene rings is 1. The molecule has 2 rings (SSSR count). The molecule has 1 aromatic heterocycles. The van der Waals surface area contributed by atoms with Crippen molar-refractivity contribution in [2.24, 2.45) is 0 Å². The first-order valence-corrected chi connectivity index (χ1v) is 7.74. The van der Waals surface area contributed by atoms with Crippen LogP contribution in [0.15, 0.2) is 47.1 Å². The van der Waals surface area contributed by atoms with E-state index in [9.17, 15) is 0 Å². The molecule has 4 nitrogen and oxygen atoms in total. The van der Waals surface area contributed by atoms with Gasteiger partial charge in [0, 0.05) is 25.4 Å². The Hall–Kier alpha value is -1.30. The molecule has 1 heterocycles. The maximum atomic E-state index is 5.52. The van der Waals surface area contributed by atoms with Crippen molar-refractivity contribution in [3.8, 4) is 11.6 Å². The minimum atomic E-state index is 0. The van der Waals surface area contributed by atoms with Gasteiger partial charge in [-0.1, -0.05) is 12.1 Å². The Kier molecular flexibility index (Phi) is 8.89. The number of nitrogens with zero attached hydrogens (tertiary/aromatic N) is 1. The lowest BCUT2D eigenvalue weighted by atomic mass is 10.2. The smallest absolute Gasteiger partial charge is 0.213 e. The molecule has 0 amide bonds. The van der Waals surface area contributed by atoms with Gasteiger partial charge in [-0.3, -0.25) is 0 Å². The van der Waals surface area contributed by atoms with Crippen LogP contribution in [0.2, 0.25) is 0 Å². The highest BCUT2D eigenvalue weighted by atomic mass is 79.9. The molecule has 0 bridgehead atoms. The van der Waals surface area contributed by atoms with Gasteiger partial charge in [0.25, 0.3) is 0 Å². The van der Waals surface area contributed by atoms with Crippen molar-refractivity contribution in [2.75, 3.05) is 19.8 Å². The third kappa shape index (κ3) is 6.22. The summed E-state index contributed by atoms with van der Waals surface area (Å²) in [7, 11) is 0. The van der Waals surface area contributed by atoms with E-state index in [1.54, 1.807) is 6.20 Å². The Bertz CT molecular complexity index is 555. The number of ether oxygens (including phenoxy) is 2. The van der Waals surface area contributed by atoms with Crippen molar-refractivity contribution in [3.05, 3.63) is 52.6 Å². The van der Waals surface area contributed by atoms with Gasteiger partial charge in [0.2, 0.25) is 5.88 Å². The molecule has 1 N–H and O–H groups in total. The number of nitrogens with one attached hydrogen (secondary N) is 1. The number of pyridine rings is 1. The molecule has 22 heavy (non-hydrogen) atoms. The van der Waals surface area contributed by atoms with Gasteiger partial charge in [-0.15, -0.1) is 12.4 Å². The summed E-state index contributed by atoms with van der Waals surface area (Å²) < 4.78 is 12.0. The Labute approximate surface area is 145 Å². The third-order valence-corrected chi connectivity index (χ3v) is 3.41. The lowest BCUT2D eigenvalue weighted by Gasteiger charge is -2.09. The quantitative estimate of drug-likeness (QED) is 0.699. The van der Waals surface area contributed by atoms with E-state index in [4.69, 9.17) is 9.47 Å². The second-order valence-corrected chi connectivity index (χ2v) is 5.25. The van der Waals surface area contributed by atoms with Crippen LogP contribution in [-0.2, 0) is 6.54 Å². The molecule has 1 aromatic carbocycles. The molecule has 0 saturated carbocycles. The monoisotopic (exact) mass is 386 g/mol. The molecule has 0 unspecified atom stereocenters. The maximum Gasteiger partial charge on any atom is 0.213 e. The van der Waals surface area contributed by atoms with E-state index in [1.165, 1.54) is 5.56 Å². The zero-order valence-corrected chi connectivity index (χ0v) is 14.8. The zero-order chi connectivity index (χ0) is 14.9. The topological polar surface area (TPSA) is 43.4 Å². The normalized spacial score (nSPS) is 9.91. The van der Waals surface area contributed by atoms with Crippen LogP contribution >= 0.6 is 28.3 Å². The summed E-state index contributed by atoms with van der Waals surface area (Å²) in [5.74, 6) is 1.53. The average Bonchev–Trinajstić information content (AvgIpc) is 2.51. The Morgan fingerprint density at radius 1 is 1.18 bits per heavy atom. The molecule has 0 spiro atoms. The fraction of sp³-hybridized carbons (Fsp3) is 0.312. The molecular formula is C16H20BrClN2O2. The first-order chi connectivity index (χ1) is 10.3. The minimum Gasteiger partial charge on any atom is -0.493 e. The van der Waals surface area contributed by atoms with Crippen LogP contribution in [-0.4, -0.2) is 24.7 Å². The summed E-state index contributed by atoms with van der Waals surface area (Å²) in [6.45, 7) is 4.79. The lowest BCUT2D eigenvalue weighted by Crippen LogP contribution is -2.20. The summed E-state index contributed by atoms with van der Waals surface area (Å²) in [4.78, 5) is 4.10. The molecule has 0 aliphatic rings. The lowest BCUT2D eigenvalue weighted by molar-refractivity contribution is 0.302. The second kappa shape index (κ2) is 10.4. The fourth-order valence-corrected chi connectivity index (χ4v) is 2.36. The summed E-state index contributed by atoms with van der Waals surface area (Å²) in [6.07, 6.45) is 1.72. The molecule has 0 fully saturated rings.